The molecule has 126 valence electrons. The zero-order valence-electron chi connectivity index (χ0n) is 13.4. The van der Waals surface area contributed by atoms with Gasteiger partial charge in [-0.1, -0.05) is 30.3 Å². The molecule has 0 radical (unpaired) electrons. The van der Waals surface area contributed by atoms with E-state index in [4.69, 9.17) is 10.5 Å². The Hall–Kier alpha value is -1.43. The Morgan fingerprint density at radius 2 is 2.09 bits per heavy atom. The summed E-state index contributed by atoms with van der Waals surface area (Å²) in [6, 6.07) is 9.74. The molecular weight excluding hydrogens is 292 g/mol. The third-order valence-corrected chi connectivity index (χ3v) is 4.99. The van der Waals surface area contributed by atoms with Crippen LogP contribution >= 0.6 is 0 Å². The molecular formula is C18H26N2O3. The summed E-state index contributed by atoms with van der Waals surface area (Å²) in [5.74, 6) is 0.0729. The molecule has 2 saturated heterocycles. The number of rotatable bonds is 5. The Morgan fingerprint density at radius 1 is 1.30 bits per heavy atom. The predicted octanol–water partition coefficient (Wildman–Crippen LogP) is 1.61. The molecule has 0 bridgehead atoms. The fourth-order valence-electron chi connectivity index (χ4n) is 3.69. The molecule has 0 aliphatic carbocycles. The fraction of sp³-hybridized carbons (Fsp3) is 0.611. The molecule has 0 spiro atoms. The molecule has 3 rings (SSSR count). The fourth-order valence-corrected chi connectivity index (χ4v) is 3.69. The number of hydrogen-bond donors (Lipinski definition) is 2. The van der Waals surface area contributed by atoms with Crippen LogP contribution in [0.2, 0.25) is 0 Å². The van der Waals surface area contributed by atoms with E-state index in [0.29, 0.717) is 13.0 Å². The molecule has 1 aromatic rings. The summed E-state index contributed by atoms with van der Waals surface area (Å²) in [5.41, 5.74) is 6.53. The molecule has 0 saturated carbocycles. The van der Waals surface area contributed by atoms with Gasteiger partial charge in [-0.2, -0.15) is 0 Å². The first-order chi connectivity index (χ1) is 11.2. The number of carbonyl (C=O) groups excluding carboxylic acids is 1. The van der Waals surface area contributed by atoms with Crippen LogP contribution in [0.25, 0.3) is 0 Å². The molecule has 2 unspecified atom stereocenters. The van der Waals surface area contributed by atoms with Crippen molar-refractivity contribution in [3.8, 4) is 0 Å². The molecule has 23 heavy (non-hydrogen) atoms. The van der Waals surface area contributed by atoms with E-state index in [9.17, 15) is 9.90 Å². The standard InChI is InChI=1S/C18H26N2O3/c19-12-15-8-9-17(23-15)18(22)20-10-4-7-14(20)11-16(21)13-5-2-1-3-6-13/h1-3,5-6,14-17,21H,4,7-12,19H2/t14?,15-,16?,17+/m1/s1. The summed E-state index contributed by atoms with van der Waals surface area (Å²) in [7, 11) is 0. The monoisotopic (exact) mass is 318 g/mol. The quantitative estimate of drug-likeness (QED) is 0.865. The minimum atomic E-state index is -0.532. The van der Waals surface area contributed by atoms with Gasteiger partial charge in [-0.15, -0.1) is 0 Å². The van der Waals surface area contributed by atoms with Crippen molar-refractivity contribution in [1.82, 2.24) is 4.90 Å². The van der Waals surface area contributed by atoms with E-state index in [1.165, 1.54) is 0 Å². The van der Waals surface area contributed by atoms with Crippen molar-refractivity contribution in [3.63, 3.8) is 0 Å². The van der Waals surface area contributed by atoms with E-state index in [2.05, 4.69) is 0 Å². The summed E-state index contributed by atoms with van der Waals surface area (Å²) in [5, 5.41) is 10.4. The Morgan fingerprint density at radius 3 is 2.78 bits per heavy atom. The highest BCUT2D eigenvalue weighted by Crippen LogP contribution is 2.30. The maximum Gasteiger partial charge on any atom is 0.251 e. The Labute approximate surface area is 137 Å². The second kappa shape index (κ2) is 7.43. The van der Waals surface area contributed by atoms with Gasteiger partial charge in [0, 0.05) is 19.1 Å². The summed E-state index contributed by atoms with van der Waals surface area (Å²) in [4.78, 5) is 14.6. The Balaban J connectivity index is 1.60. The summed E-state index contributed by atoms with van der Waals surface area (Å²) < 4.78 is 5.74. The summed E-state index contributed by atoms with van der Waals surface area (Å²) >= 11 is 0. The first kappa shape index (κ1) is 16.4. The minimum Gasteiger partial charge on any atom is -0.388 e. The molecule has 5 heteroatoms. The van der Waals surface area contributed by atoms with E-state index in [1.807, 2.05) is 35.2 Å². The van der Waals surface area contributed by atoms with Gasteiger partial charge in [0.25, 0.3) is 5.91 Å². The minimum absolute atomic E-state index is 0.0138. The lowest BCUT2D eigenvalue weighted by Gasteiger charge is -2.29. The smallest absolute Gasteiger partial charge is 0.251 e. The number of likely N-dealkylation sites (tertiary alicyclic amines) is 1. The van der Waals surface area contributed by atoms with Crippen LogP contribution in [0.4, 0.5) is 0 Å². The van der Waals surface area contributed by atoms with Gasteiger partial charge in [0.05, 0.1) is 12.2 Å². The maximum absolute atomic E-state index is 12.7. The van der Waals surface area contributed by atoms with Gasteiger partial charge < -0.3 is 20.5 Å². The maximum atomic E-state index is 12.7. The van der Waals surface area contributed by atoms with Crippen LogP contribution in [0.1, 0.15) is 43.8 Å². The number of carbonyl (C=O) groups is 1. The third kappa shape index (κ3) is 3.74. The summed E-state index contributed by atoms with van der Waals surface area (Å²) in [6.07, 6.45) is 3.27. The number of ether oxygens (including phenoxy) is 1. The van der Waals surface area contributed by atoms with Crippen molar-refractivity contribution < 1.29 is 14.6 Å². The molecule has 1 amide bonds. The molecule has 5 nitrogen and oxygen atoms in total. The van der Waals surface area contributed by atoms with Crippen LogP contribution in [-0.4, -0.2) is 47.3 Å². The normalized spacial score (nSPS) is 29.0. The Bertz CT molecular complexity index is 522. The SMILES string of the molecule is NC[C@H]1CC[C@@H](C(=O)N2CCCC2CC(O)c2ccccc2)O1. The molecule has 2 aliphatic heterocycles. The second-order valence-electron chi connectivity index (χ2n) is 6.55. The van der Waals surface area contributed by atoms with Crippen molar-refractivity contribution in [3.05, 3.63) is 35.9 Å². The average Bonchev–Trinajstić information content (AvgIpc) is 3.24. The van der Waals surface area contributed by atoms with E-state index >= 15 is 0 Å². The molecule has 4 atom stereocenters. The first-order valence-corrected chi connectivity index (χ1v) is 8.58. The van der Waals surface area contributed by atoms with Crippen LogP contribution in [-0.2, 0) is 9.53 Å². The number of benzene rings is 1. The van der Waals surface area contributed by atoms with Crippen molar-refractivity contribution in [1.29, 1.82) is 0 Å². The van der Waals surface area contributed by atoms with E-state index < -0.39 is 6.10 Å². The largest absolute Gasteiger partial charge is 0.388 e. The number of nitrogens with two attached hydrogens (primary N) is 1. The summed E-state index contributed by atoms with van der Waals surface area (Å²) in [6.45, 7) is 1.23. The zero-order chi connectivity index (χ0) is 16.2. The van der Waals surface area contributed by atoms with E-state index in [0.717, 1.165) is 37.8 Å². The highest BCUT2D eigenvalue weighted by molar-refractivity contribution is 5.81. The molecule has 3 N–H and O–H groups in total. The van der Waals surface area contributed by atoms with Gasteiger partial charge in [0.1, 0.15) is 6.10 Å². The molecule has 2 aliphatic rings. The van der Waals surface area contributed by atoms with Gasteiger partial charge >= 0.3 is 0 Å². The Kier molecular flexibility index (Phi) is 5.30. The first-order valence-electron chi connectivity index (χ1n) is 8.58. The van der Waals surface area contributed by atoms with Crippen molar-refractivity contribution >= 4 is 5.91 Å². The van der Waals surface area contributed by atoms with Gasteiger partial charge in [-0.05, 0) is 37.7 Å². The van der Waals surface area contributed by atoms with E-state index in [-0.39, 0.29) is 24.2 Å². The highest BCUT2D eigenvalue weighted by atomic mass is 16.5. The predicted molar refractivity (Wildman–Crippen MR) is 87.7 cm³/mol. The number of aliphatic hydroxyl groups is 1. The number of aliphatic hydroxyl groups excluding tert-OH is 1. The van der Waals surface area contributed by atoms with Crippen molar-refractivity contribution in [2.45, 2.75) is 56.5 Å². The van der Waals surface area contributed by atoms with E-state index in [1.54, 1.807) is 0 Å². The van der Waals surface area contributed by atoms with Gasteiger partial charge in [-0.25, -0.2) is 0 Å². The molecule has 2 fully saturated rings. The van der Waals surface area contributed by atoms with Crippen LogP contribution in [0.5, 0.6) is 0 Å². The molecule has 1 aromatic carbocycles. The highest BCUT2D eigenvalue weighted by Gasteiger charge is 2.38. The zero-order valence-corrected chi connectivity index (χ0v) is 13.4. The lowest BCUT2D eigenvalue weighted by Crippen LogP contribution is -2.43. The van der Waals surface area contributed by atoms with Crippen molar-refractivity contribution in [2.24, 2.45) is 5.73 Å². The van der Waals surface area contributed by atoms with Gasteiger partial charge in [-0.3, -0.25) is 4.79 Å². The number of nitrogens with zero attached hydrogens (tertiary/aromatic N) is 1. The van der Waals surface area contributed by atoms with Gasteiger partial charge in [0.15, 0.2) is 0 Å². The third-order valence-electron chi connectivity index (χ3n) is 4.99. The molecule has 0 aromatic heterocycles. The lowest BCUT2D eigenvalue weighted by molar-refractivity contribution is -0.144. The van der Waals surface area contributed by atoms with Crippen LogP contribution < -0.4 is 5.73 Å². The van der Waals surface area contributed by atoms with Crippen LogP contribution in [0, 0.1) is 0 Å². The lowest BCUT2D eigenvalue weighted by atomic mass is 10.00. The number of amides is 1. The second-order valence-corrected chi connectivity index (χ2v) is 6.55. The molecule has 2 heterocycles. The topological polar surface area (TPSA) is 75.8 Å². The van der Waals surface area contributed by atoms with Crippen LogP contribution in [0.15, 0.2) is 30.3 Å². The van der Waals surface area contributed by atoms with Gasteiger partial charge in [0.2, 0.25) is 0 Å². The average molecular weight is 318 g/mol. The van der Waals surface area contributed by atoms with Crippen molar-refractivity contribution in [2.75, 3.05) is 13.1 Å². The van der Waals surface area contributed by atoms with Crippen LogP contribution in [0.3, 0.4) is 0 Å². The number of hydrogen-bond acceptors (Lipinski definition) is 4.